The van der Waals surface area contributed by atoms with Crippen LogP contribution in [0, 0.1) is 6.92 Å². The molecule has 3 rings (SSSR count). The third kappa shape index (κ3) is 3.69. The van der Waals surface area contributed by atoms with Crippen LogP contribution < -0.4 is 4.90 Å². The van der Waals surface area contributed by atoms with Crippen LogP contribution >= 0.6 is 0 Å². The van der Waals surface area contributed by atoms with Crippen molar-refractivity contribution in [3.8, 4) is 0 Å². The Labute approximate surface area is 139 Å². The number of likely N-dealkylation sites (N-methyl/N-ethyl adjacent to an activating group) is 1. The molecule has 0 amide bonds. The Morgan fingerprint density at radius 1 is 1.33 bits per heavy atom. The Bertz CT molecular complexity index is 659. The van der Waals surface area contributed by atoms with Crippen LogP contribution in [-0.2, 0) is 13.1 Å². The number of anilines is 1. The summed E-state index contributed by atoms with van der Waals surface area (Å²) in [5, 5.41) is 19.7. The lowest BCUT2D eigenvalue weighted by Gasteiger charge is -2.26. The van der Waals surface area contributed by atoms with Crippen LogP contribution in [0.15, 0.2) is 4.42 Å². The summed E-state index contributed by atoms with van der Waals surface area (Å²) in [7, 11) is 1.98. The first-order valence-corrected chi connectivity index (χ1v) is 8.21. The first-order valence-electron chi connectivity index (χ1n) is 8.21. The summed E-state index contributed by atoms with van der Waals surface area (Å²) in [6, 6.07) is 0.377. The van der Waals surface area contributed by atoms with Crippen molar-refractivity contribution >= 4 is 6.01 Å². The molecule has 24 heavy (non-hydrogen) atoms. The van der Waals surface area contributed by atoms with Crippen molar-refractivity contribution in [3.63, 3.8) is 0 Å². The van der Waals surface area contributed by atoms with E-state index in [4.69, 9.17) is 4.42 Å². The summed E-state index contributed by atoms with van der Waals surface area (Å²) in [5.74, 6) is 1.30. The number of hydrogen-bond donors (Lipinski definition) is 0. The predicted octanol–water partition coefficient (Wildman–Crippen LogP) is 0.823. The van der Waals surface area contributed by atoms with Crippen molar-refractivity contribution in [2.24, 2.45) is 0 Å². The summed E-state index contributed by atoms with van der Waals surface area (Å²) < 4.78 is 21.2. The van der Waals surface area contributed by atoms with Gasteiger partial charge in [0.1, 0.15) is 6.17 Å². The van der Waals surface area contributed by atoms with Crippen LogP contribution in [-0.4, -0.2) is 67.7 Å². The van der Waals surface area contributed by atoms with E-state index < -0.39 is 6.17 Å². The van der Waals surface area contributed by atoms with E-state index in [2.05, 4.69) is 37.5 Å². The monoisotopic (exact) mass is 338 g/mol. The highest BCUT2D eigenvalue weighted by atomic mass is 19.1. The predicted molar refractivity (Wildman–Crippen MR) is 84.1 cm³/mol. The Morgan fingerprint density at radius 3 is 2.88 bits per heavy atom. The maximum absolute atomic E-state index is 13.9. The molecule has 0 bridgehead atoms. The van der Waals surface area contributed by atoms with Crippen LogP contribution in [0.2, 0.25) is 0 Å². The molecule has 10 heteroatoms. The molecule has 0 spiro atoms. The molecule has 0 radical (unpaired) electrons. The lowest BCUT2D eigenvalue weighted by Crippen LogP contribution is -2.39. The van der Waals surface area contributed by atoms with E-state index in [0.717, 1.165) is 18.8 Å². The van der Waals surface area contributed by atoms with Gasteiger partial charge in [0.25, 0.3) is 0 Å². The minimum absolute atomic E-state index is 0.0136. The molecular formula is C14H23FN8O. The third-order valence-electron chi connectivity index (χ3n) is 4.10. The number of rotatable bonds is 7. The van der Waals surface area contributed by atoms with Gasteiger partial charge in [-0.15, -0.1) is 10.2 Å². The molecule has 132 valence electrons. The Kier molecular flexibility index (Phi) is 5.03. The van der Waals surface area contributed by atoms with Crippen molar-refractivity contribution in [3.05, 3.63) is 11.7 Å². The fourth-order valence-electron chi connectivity index (χ4n) is 3.06. The lowest BCUT2D eigenvalue weighted by molar-refractivity contribution is 0.277. The van der Waals surface area contributed by atoms with Crippen molar-refractivity contribution < 1.29 is 8.81 Å². The van der Waals surface area contributed by atoms with E-state index >= 15 is 0 Å². The van der Waals surface area contributed by atoms with E-state index in [-0.39, 0.29) is 12.6 Å². The van der Waals surface area contributed by atoms with Crippen LogP contribution in [0.1, 0.15) is 31.5 Å². The maximum atomic E-state index is 13.9. The second-order valence-electron chi connectivity index (χ2n) is 6.26. The van der Waals surface area contributed by atoms with Crippen molar-refractivity contribution in [2.75, 3.05) is 25.0 Å². The van der Waals surface area contributed by atoms with Gasteiger partial charge in [-0.05, 0) is 23.9 Å². The molecule has 0 aromatic carbocycles. The van der Waals surface area contributed by atoms with Crippen LogP contribution in [0.4, 0.5) is 10.4 Å². The largest absolute Gasteiger partial charge is 0.408 e. The lowest BCUT2D eigenvalue weighted by atomic mass is 10.2. The quantitative estimate of drug-likeness (QED) is 0.733. The Balaban J connectivity index is 1.64. The van der Waals surface area contributed by atoms with Gasteiger partial charge in [-0.3, -0.25) is 4.90 Å². The molecule has 0 unspecified atom stereocenters. The SMILES string of the molecule is CCCn1nnnc1CN(C)C[C@@H]1C[C@H](F)CN1c1nnc(C)o1. The molecule has 1 saturated heterocycles. The summed E-state index contributed by atoms with van der Waals surface area (Å²) in [5.41, 5.74) is 0. The Hall–Kier alpha value is -2.10. The molecule has 2 aromatic rings. The van der Waals surface area contributed by atoms with E-state index in [9.17, 15) is 4.39 Å². The number of alkyl halides is 1. The highest BCUT2D eigenvalue weighted by Crippen LogP contribution is 2.26. The normalized spacial score (nSPS) is 21.1. The third-order valence-corrected chi connectivity index (χ3v) is 4.10. The molecule has 2 atom stereocenters. The standard InChI is InChI=1S/C14H23FN8O/c1-4-5-23-13(17-19-20-23)9-21(3)8-12-6-11(15)7-22(12)14-18-16-10(2)24-14/h11-12H,4-9H2,1-3H3/t11-,12-/m0/s1. The molecule has 0 N–H and O–H groups in total. The van der Waals surface area contributed by atoms with Gasteiger partial charge in [-0.1, -0.05) is 12.0 Å². The summed E-state index contributed by atoms with van der Waals surface area (Å²) in [4.78, 5) is 3.95. The molecule has 3 heterocycles. The number of tetrazole rings is 1. The minimum atomic E-state index is -0.888. The first-order chi connectivity index (χ1) is 11.6. The maximum Gasteiger partial charge on any atom is 0.318 e. The Morgan fingerprint density at radius 2 is 2.17 bits per heavy atom. The number of nitrogens with zero attached hydrogens (tertiary/aromatic N) is 8. The second kappa shape index (κ2) is 7.20. The summed E-state index contributed by atoms with van der Waals surface area (Å²) in [6.07, 6.45) is 0.533. The van der Waals surface area contributed by atoms with Crippen molar-refractivity contribution in [1.29, 1.82) is 0 Å². The zero-order valence-electron chi connectivity index (χ0n) is 14.3. The highest BCUT2D eigenvalue weighted by molar-refractivity contribution is 5.30. The van der Waals surface area contributed by atoms with Gasteiger partial charge in [-0.2, -0.15) is 0 Å². The fraction of sp³-hybridized carbons (Fsp3) is 0.786. The molecule has 1 aliphatic rings. The molecule has 1 fully saturated rings. The second-order valence-corrected chi connectivity index (χ2v) is 6.26. The van der Waals surface area contributed by atoms with E-state index in [1.807, 2.05) is 16.6 Å². The number of aromatic nitrogens is 6. The van der Waals surface area contributed by atoms with E-state index in [0.29, 0.717) is 31.4 Å². The molecule has 1 aliphatic heterocycles. The molecular weight excluding hydrogens is 315 g/mol. The van der Waals surface area contributed by atoms with Crippen molar-refractivity contribution in [1.82, 2.24) is 35.3 Å². The van der Waals surface area contributed by atoms with Crippen molar-refractivity contribution in [2.45, 2.75) is 52.0 Å². The topological polar surface area (TPSA) is 89.0 Å². The van der Waals surface area contributed by atoms with Gasteiger partial charge in [0.05, 0.1) is 13.1 Å². The van der Waals surface area contributed by atoms with Gasteiger partial charge in [0.15, 0.2) is 5.82 Å². The van der Waals surface area contributed by atoms with Gasteiger partial charge in [0.2, 0.25) is 5.89 Å². The van der Waals surface area contributed by atoms with Gasteiger partial charge in [0, 0.05) is 32.5 Å². The van der Waals surface area contributed by atoms with E-state index in [1.54, 1.807) is 6.92 Å². The van der Waals surface area contributed by atoms with Gasteiger partial charge in [-0.25, -0.2) is 9.07 Å². The van der Waals surface area contributed by atoms with Crippen LogP contribution in [0.25, 0.3) is 0 Å². The zero-order chi connectivity index (χ0) is 17.1. The van der Waals surface area contributed by atoms with Crippen LogP contribution in [0.5, 0.6) is 0 Å². The number of halogens is 1. The van der Waals surface area contributed by atoms with E-state index in [1.165, 1.54) is 0 Å². The zero-order valence-corrected chi connectivity index (χ0v) is 14.3. The molecule has 0 aliphatic carbocycles. The van der Waals surface area contributed by atoms with Crippen LogP contribution in [0.3, 0.4) is 0 Å². The first kappa shape index (κ1) is 16.7. The average Bonchev–Trinajstić information content (AvgIpc) is 3.22. The minimum Gasteiger partial charge on any atom is -0.408 e. The molecule has 2 aromatic heterocycles. The van der Waals surface area contributed by atoms with Gasteiger partial charge >= 0.3 is 6.01 Å². The smallest absolute Gasteiger partial charge is 0.318 e. The molecule has 9 nitrogen and oxygen atoms in total. The molecule has 0 saturated carbocycles. The summed E-state index contributed by atoms with van der Waals surface area (Å²) >= 11 is 0. The average molecular weight is 338 g/mol. The fourth-order valence-corrected chi connectivity index (χ4v) is 3.06. The number of hydrogen-bond acceptors (Lipinski definition) is 8. The van der Waals surface area contributed by atoms with Gasteiger partial charge < -0.3 is 9.32 Å². The number of aryl methyl sites for hydroxylation is 2. The highest BCUT2D eigenvalue weighted by Gasteiger charge is 2.35. The summed E-state index contributed by atoms with van der Waals surface area (Å²) in [6.45, 7) is 6.17.